The molecule has 4 heterocycles. The number of nitrogens with zero attached hydrogens (tertiary/aromatic N) is 4. The summed E-state index contributed by atoms with van der Waals surface area (Å²) in [5.41, 5.74) is -0.652. The summed E-state index contributed by atoms with van der Waals surface area (Å²) in [5.74, 6) is 0.329. The Morgan fingerprint density at radius 1 is 1.44 bits per heavy atom. The molecule has 146 valence electrons. The molecule has 2 bridgehead atoms. The average Bonchev–Trinajstić information content (AvgIpc) is 3.34. The predicted molar refractivity (Wildman–Crippen MR) is 95.3 cm³/mol. The molecule has 3 aliphatic heterocycles. The van der Waals surface area contributed by atoms with E-state index < -0.39 is 17.4 Å². The van der Waals surface area contributed by atoms with Gasteiger partial charge in [0.25, 0.3) is 0 Å². The second-order valence-corrected chi connectivity index (χ2v) is 8.25. The summed E-state index contributed by atoms with van der Waals surface area (Å²) in [6, 6.07) is 0. The topological polar surface area (TPSA) is 88.8 Å². The Hall–Kier alpha value is -2.22. The van der Waals surface area contributed by atoms with Crippen LogP contribution in [0.5, 0.6) is 0 Å². The van der Waals surface area contributed by atoms with Crippen LogP contribution in [0.15, 0.2) is 16.6 Å². The first kappa shape index (κ1) is 18.2. The van der Waals surface area contributed by atoms with Gasteiger partial charge in [0.15, 0.2) is 0 Å². The van der Waals surface area contributed by atoms with Crippen molar-refractivity contribution in [2.24, 2.45) is 17.8 Å². The molecule has 8 heteroatoms. The van der Waals surface area contributed by atoms with Gasteiger partial charge in [-0.1, -0.05) is 26.0 Å². The molecule has 2 saturated heterocycles. The molecule has 1 spiro atoms. The lowest BCUT2D eigenvalue weighted by Gasteiger charge is -2.27. The highest BCUT2D eigenvalue weighted by Gasteiger charge is 2.66. The van der Waals surface area contributed by atoms with Crippen LogP contribution in [-0.2, 0) is 20.9 Å². The first-order valence-corrected chi connectivity index (χ1v) is 9.50. The number of ether oxygens (including phenoxy) is 1. The van der Waals surface area contributed by atoms with Crippen LogP contribution in [-0.4, -0.2) is 63.7 Å². The molecule has 1 aromatic heterocycles. The largest absolute Gasteiger partial charge is 0.424 e. The summed E-state index contributed by atoms with van der Waals surface area (Å²) < 4.78 is 11.5. The van der Waals surface area contributed by atoms with Gasteiger partial charge in [0.05, 0.1) is 31.0 Å². The first-order valence-electron chi connectivity index (χ1n) is 9.50. The SMILES string of the molecule is Cc1nnc(CN(C)C(=O)[C@@H]2[C@@H]3C=C[C@@]4(CN(CCC(C)C)C(=O)[C@@H]24)O3)o1. The zero-order chi connectivity index (χ0) is 19.3. The second-order valence-electron chi connectivity index (χ2n) is 8.25. The Bertz CT molecular complexity index is 788. The van der Waals surface area contributed by atoms with Gasteiger partial charge in [-0.2, -0.15) is 0 Å². The summed E-state index contributed by atoms with van der Waals surface area (Å²) in [6.07, 6.45) is 4.52. The first-order chi connectivity index (χ1) is 12.8. The fourth-order valence-electron chi connectivity index (χ4n) is 4.40. The molecule has 0 radical (unpaired) electrons. The summed E-state index contributed by atoms with van der Waals surface area (Å²) in [5, 5.41) is 7.74. The lowest BCUT2D eigenvalue weighted by molar-refractivity contribution is -0.143. The predicted octanol–water partition coefficient (Wildman–Crippen LogP) is 1.16. The van der Waals surface area contributed by atoms with E-state index in [1.54, 1.807) is 18.9 Å². The highest BCUT2D eigenvalue weighted by molar-refractivity contribution is 5.92. The van der Waals surface area contributed by atoms with Gasteiger partial charge in [-0.15, -0.1) is 10.2 Å². The maximum atomic E-state index is 13.2. The Labute approximate surface area is 158 Å². The maximum Gasteiger partial charge on any atom is 0.235 e. The molecule has 0 saturated carbocycles. The van der Waals surface area contributed by atoms with Crippen molar-refractivity contribution >= 4 is 11.8 Å². The Morgan fingerprint density at radius 2 is 2.22 bits per heavy atom. The van der Waals surface area contributed by atoms with Crippen LogP contribution in [0.25, 0.3) is 0 Å². The minimum Gasteiger partial charge on any atom is -0.424 e. The Kier molecular flexibility index (Phi) is 4.33. The van der Waals surface area contributed by atoms with Gasteiger partial charge in [-0.3, -0.25) is 9.59 Å². The molecule has 4 atom stereocenters. The van der Waals surface area contributed by atoms with Crippen LogP contribution in [0.3, 0.4) is 0 Å². The normalized spacial score (nSPS) is 31.2. The van der Waals surface area contributed by atoms with Crippen molar-refractivity contribution in [3.63, 3.8) is 0 Å². The zero-order valence-electron chi connectivity index (χ0n) is 16.2. The fraction of sp³-hybridized carbons (Fsp3) is 0.684. The van der Waals surface area contributed by atoms with E-state index in [2.05, 4.69) is 24.0 Å². The van der Waals surface area contributed by atoms with E-state index in [-0.39, 0.29) is 24.5 Å². The van der Waals surface area contributed by atoms with Crippen molar-refractivity contribution in [2.75, 3.05) is 20.1 Å². The number of amides is 2. The monoisotopic (exact) mass is 374 g/mol. The van der Waals surface area contributed by atoms with Crippen LogP contribution in [0.4, 0.5) is 0 Å². The number of carbonyl (C=O) groups excluding carboxylic acids is 2. The number of carbonyl (C=O) groups is 2. The van der Waals surface area contributed by atoms with Gasteiger partial charge in [-0.25, -0.2) is 0 Å². The molecule has 0 unspecified atom stereocenters. The molecular weight excluding hydrogens is 348 g/mol. The second kappa shape index (κ2) is 6.44. The molecule has 1 aromatic rings. The van der Waals surface area contributed by atoms with Crippen molar-refractivity contribution in [1.82, 2.24) is 20.0 Å². The van der Waals surface area contributed by atoms with E-state index in [9.17, 15) is 9.59 Å². The number of rotatable bonds is 6. The number of aromatic nitrogens is 2. The Morgan fingerprint density at radius 3 is 2.89 bits per heavy atom. The average molecular weight is 374 g/mol. The van der Waals surface area contributed by atoms with Crippen molar-refractivity contribution in [1.29, 1.82) is 0 Å². The quantitative estimate of drug-likeness (QED) is 0.695. The maximum absolute atomic E-state index is 13.2. The molecule has 3 aliphatic rings. The third-order valence-corrected chi connectivity index (χ3v) is 5.76. The van der Waals surface area contributed by atoms with Crippen LogP contribution >= 0.6 is 0 Å². The van der Waals surface area contributed by atoms with E-state index in [1.807, 2.05) is 17.1 Å². The molecule has 8 nitrogen and oxygen atoms in total. The highest BCUT2D eigenvalue weighted by atomic mass is 16.5. The van der Waals surface area contributed by atoms with E-state index in [4.69, 9.17) is 9.15 Å². The van der Waals surface area contributed by atoms with Crippen LogP contribution in [0.2, 0.25) is 0 Å². The molecule has 4 rings (SSSR count). The summed E-state index contributed by atoms with van der Waals surface area (Å²) in [7, 11) is 1.69. The molecule has 0 N–H and O–H groups in total. The van der Waals surface area contributed by atoms with Gasteiger partial charge in [-0.05, 0) is 12.3 Å². The zero-order valence-corrected chi connectivity index (χ0v) is 16.2. The Balaban J connectivity index is 1.51. The lowest BCUT2D eigenvalue weighted by Crippen LogP contribution is -2.44. The van der Waals surface area contributed by atoms with E-state index >= 15 is 0 Å². The molecule has 2 amide bonds. The molecular formula is C19H26N4O4. The van der Waals surface area contributed by atoms with E-state index in [0.717, 1.165) is 6.42 Å². The lowest BCUT2D eigenvalue weighted by atomic mass is 9.76. The molecule has 0 aliphatic carbocycles. The summed E-state index contributed by atoms with van der Waals surface area (Å²) >= 11 is 0. The van der Waals surface area contributed by atoms with E-state index in [1.165, 1.54) is 0 Å². The molecule has 0 aromatic carbocycles. The minimum absolute atomic E-state index is 0.0304. The number of likely N-dealkylation sites (tertiary alicyclic amines) is 1. The van der Waals surface area contributed by atoms with E-state index in [0.29, 0.717) is 30.8 Å². The summed E-state index contributed by atoms with van der Waals surface area (Å²) in [6.45, 7) is 7.45. The van der Waals surface area contributed by atoms with Gasteiger partial charge >= 0.3 is 0 Å². The van der Waals surface area contributed by atoms with Gasteiger partial charge in [0.2, 0.25) is 23.6 Å². The smallest absolute Gasteiger partial charge is 0.235 e. The fourth-order valence-corrected chi connectivity index (χ4v) is 4.40. The van der Waals surface area contributed by atoms with Crippen LogP contribution in [0.1, 0.15) is 32.0 Å². The standard InChI is InChI=1S/C19H26N4O4/c1-11(2)6-8-23-10-19-7-5-13(27-19)15(16(19)18(23)25)17(24)22(4)9-14-21-20-12(3)26-14/h5,7,11,13,15-16H,6,8-10H2,1-4H3/t13-,15+,16+,19-/m0/s1. The number of hydrogen-bond donors (Lipinski definition) is 0. The summed E-state index contributed by atoms with van der Waals surface area (Å²) in [4.78, 5) is 29.6. The van der Waals surface area contributed by atoms with Gasteiger partial charge < -0.3 is 19.0 Å². The highest BCUT2D eigenvalue weighted by Crippen LogP contribution is 2.52. The van der Waals surface area contributed by atoms with Gasteiger partial charge in [0.1, 0.15) is 5.60 Å². The third-order valence-electron chi connectivity index (χ3n) is 5.76. The minimum atomic E-state index is -0.652. The molecule has 2 fully saturated rings. The number of fused-ring (bicyclic) bond motifs is 1. The van der Waals surface area contributed by atoms with Crippen LogP contribution < -0.4 is 0 Å². The van der Waals surface area contributed by atoms with Gasteiger partial charge in [0, 0.05) is 20.5 Å². The van der Waals surface area contributed by atoms with Crippen molar-refractivity contribution in [3.8, 4) is 0 Å². The van der Waals surface area contributed by atoms with Crippen molar-refractivity contribution < 1.29 is 18.7 Å². The van der Waals surface area contributed by atoms with Crippen molar-refractivity contribution in [3.05, 3.63) is 23.9 Å². The number of hydrogen-bond acceptors (Lipinski definition) is 6. The number of aryl methyl sites for hydroxylation is 1. The van der Waals surface area contributed by atoms with Crippen molar-refractivity contribution in [2.45, 2.75) is 45.4 Å². The molecule has 27 heavy (non-hydrogen) atoms. The van der Waals surface area contributed by atoms with Crippen LogP contribution in [0, 0.1) is 24.7 Å². The third kappa shape index (κ3) is 2.96.